The number of alkyl halides is 3. The van der Waals surface area contributed by atoms with Crippen molar-refractivity contribution in [2.45, 2.75) is 19.3 Å². The molecule has 0 N–H and O–H groups in total. The summed E-state index contributed by atoms with van der Waals surface area (Å²) in [5, 5.41) is 0. The highest BCUT2D eigenvalue weighted by atomic mass is 31.2. The Kier molecular flexibility index (Phi) is 5.67. The molecule has 0 fully saturated rings. The highest BCUT2D eigenvalue weighted by molar-refractivity contribution is 7.57. The zero-order valence-corrected chi connectivity index (χ0v) is 14.1. The molecule has 24 heavy (non-hydrogen) atoms. The highest BCUT2D eigenvalue weighted by Crippen LogP contribution is 2.46. The summed E-state index contributed by atoms with van der Waals surface area (Å²) in [6.45, 7) is 3.69. The smallest absolute Gasteiger partial charge is 0.417 e. The topological polar surface area (TPSA) is 48.4 Å². The van der Waals surface area contributed by atoms with Gasteiger partial charge in [-0.3, -0.25) is 4.57 Å². The van der Waals surface area contributed by atoms with Crippen LogP contribution in [0.4, 0.5) is 13.2 Å². The van der Waals surface area contributed by atoms with Crippen molar-refractivity contribution in [3.63, 3.8) is 0 Å². The summed E-state index contributed by atoms with van der Waals surface area (Å²) < 4.78 is 60.4. The molecular formula is C16H17F3NO3P. The van der Waals surface area contributed by atoms with Crippen LogP contribution >= 0.6 is 7.37 Å². The first-order chi connectivity index (χ1) is 11.2. The summed E-state index contributed by atoms with van der Waals surface area (Å²) >= 11 is 0. The van der Waals surface area contributed by atoms with Crippen molar-refractivity contribution in [1.82, 2.24) is 4.98 Å². The average molecular weight is 359 g/mol. The quantitative estimate of drug-likeness (QED) is 0.654. The Morgan fingerprint density at radius 2 is 1.96 bits per heavy atom. The Morgan fingerprint density at radius 1 is 1.21 bits per heavy atom. The van der Waals surface area contributed by atoms with Crippen molar-refractivity contribution in [3.05, 3.63) is 53.7 Å². The van der Waals surface area contributed by atoms with Crippen LogP contribution in [-0.4, -0.2) is 18.3 Å². The SMILES string of the molecule is CCOP(C)(=O)Cc1cccc(Oc2ccc(C(F)(F)F)cn2)c1. The van der Waals surface area contributed by atoms with Gasteiger partial charge in [0.25, 0.3) is 0 Å². The molecule has 0 aliphatic heterocycles. The molecule has 0 bridgehead atoms. The van der Waals surface area contributed by atoms with Crippen LogP contribution in [0.3, 0.4) is 0 Å². The van der Waals surface area contributed by atoms with E-state index in [9.17, 15) is 17.7 Å². The number of nitrogens with zero attached hydrogens (tertiary/aromatic N) is 1. The van der Waals surface area contributed by atoms with E-state index in [2.05, 4.69) is 4.98 Å². The van der Waals surface area contributed by atoms with E-state index < -0.39 is 19.1 Å². The maximum atomic E-state index is 12.5. The Hall–Kier alpha value is -1.85. The number of rotatable bonds is 6. The van der Waals surface area contributed by atoms with Gasteiger partial charge in [0.2, 0.25) is 13.2 Å². The molecule has 4 nitrogen and oxygen atoms in total. The third kappa shape index (κ3) is 5.35. The molecule has 0 aliphatic rings. The summed E-state index contributed by atoms with van der Waals surface area (Å²) in [6.07, 6.45) is -3.47. The summed E-state index contributed by atoms with van der Waals surface area (Å²) in [7, 11) is -2.74. The lowest BCUT2D eigenvalue weighted by Gasteiger charge is -2.13. The minimum atomic E-state index is -4.44. The molecular weight excluding hydrogens is 342 g/mol. The largest absolute Gasteiger partial charge is 0.439 e. The second-order valence-electron chi connectivity index (χ2n) is 5.22. The molecule has 8 heteroatoms. The first kappa shape index (κ1) is 18.5. The van der Waals surface area contributed by atoms with Crippen LogP contribution in [0.15, 0.2) is 42.6 Å². The zero-order valence-electron chi connectivity index (χ0n) is 13.2. The second kappa shape index (κ2) is 7.36. The van der Waals surface area contributed by atoms with E-state index in [-0.39, 0.29) is 12.0 Å². The van der Waals surface area contributed by atoms with Crippen LogP contribution in [-0.2, 0) is 21.4 Å². The van der Waals surface area contributed by atoms with Gasteiger partial charge < -0.3 is 9.26 Å². The first-order valence-electron chi connectivity index (χ1n) is 7.21. The molecule has 0 saturated carbocycles. The van der Waals surface area contributed by atoms with Gasteiger partial charge in [0.05, 0.1) is 12.2 Å². The van der Waals surface area contributed by atoms with Crippen LogP contribution in [0.25, 0.3) is 0 Å². The molecule has 2 rings (SSSR count). The fourth-order valence-electron chi connectivity index (χ4n) is 2.09. The van der Waals surface area contributed by atoms with Crippen LogP contribution in [0.1, 0.15) is 18.1 Å². The molecule has 0 aliphatic carbocycles. The molecule has 0 radical (unpaired) electrons. The molecule has 1 aromatic heterocycles. The van der Waals surface area contributed by atoms with Crippen molar-refractivity contribution in [2.75, 3.05) is 13.3 Å². The number of aromatic nitrogens is 1. The van der Waals surface area contributed by atoms with Gasteiger partial charge >= 0.3 is 6.18 Å². The molecule has 2 aromatic rings. The van der Waals surface area contributed by atoms with E-state index in [1.165, 1.54) is 0 Å². The zero-order chi connectivity index (χ0) is 17.8. The summed E-state index contributed by atoms with van der Waals surface area (Å²) in [6, 6.07) is 8.85. The molecule has 1 atom stereocenters. The lowest BCUT2D eigenvalue weighted by molar-refractivity contribution is -0.137. The van der Waals surface area contributed by atoms with Crippen molar-refractivity contribution < 1.29 is 27.0 Å². The van der Waals surface area contributed by atoms with Crippen LogP contribution in [0, 0.1) is 0 Å². The third-order valence-corrected chi connectivity index (χ3v) is 4.80. The Labute approximate surface area is 138 Å². The molecule has 0 spiro atoms. The second-order valence-corrected chi connectivity index (χ2v) is 7.82. The predicted octanol–water partition coefficient (Wildman–Crippen LogP) is 5.34. The predicted molar refractivity (Wildman–Crippen MR) is 84.6 cm³/mol. The molecule has 1 heterocycles. The lowest BCUT2D eigenvalue weighted by Crippen LogP contribution is -2.05. The van der Waals surface area contributed by atoms with E-state index in [1.807, 2.05) is 0 Å². The fourth-order valence-corrected chi connectivity index (χ4v) is 3.58. The highest BCUT2D eigenvalue weighted by Gasteiger charge is 2.30. The van der Waals surface area contributed by atoms with Gasteiger partial charge in [0, 0.05) is 25.1 Å². The van der Waals surface area contributed by atoms with E-state index in [1.54, 1.807) is 37.9 Å². The minimum absolute atomic E-state index is 0.0460. The van der Waals surface area contributed by atoms with Crippen LogP contribution in [0.2, 0.25) is 0 Å². The van der Waals surface area contributed by atoms with Gasteiger partial charge in [-0.05, 0) is 30.7 Å². The van der Waals surface area contributed by atoms with Crippen LogP contribution in [0.5, 0.6) is 11.6 Å². The molecule has 130 valence electrons. The van der Waals surface area contributed by atoms with Crippen LogP contribution < -0.4 is 4.74 Å². The molecule has 1 aromatic carbocycles. The van der Waals surface area contributed by atoms with Gasteiger partial charge in [-0.15, -0.1) is 0 Å². The average Bonchev–Trinajstić information content (AvgIpc) is 2.46. The summed E-state index contributed by atoms with van der Waals surface area (Å²) in [4.78, 5) is 3.65. The van der Waals surface area contributed by atoms with E-state index in [4.69, 9.17) is 9.26 Å². The summed E-state index contributed by atoms with van der Waals surface area (Å²) in [5.74, 6) is 0.445. The van der Waals surface area contributed by atoms with Crippen molar-refractivity contribution in [3.8, 4) is 11.6 Å². The number of pyridine rings is 1. The Morgan fingerprint density at radius 3 is 2.54 bits per heavy atom. The van der Waals surface area contributed by atoms with Crippen molar-refractivity contribution in [1.29, 1.82) is 0 Å². The van der Waals surface area contributed by atoms with E-state index in [0.717, 1.165) is 17.7 Å². The number of halogens is 3. The minimum Gasteiger partial charge on any atom is -0.439 e. The van der Waals surface area contributed by atoms with Crippen molar-refractivity contribution >= 4 is 7.37 Å². The molecule has 0 saturated heterocycles. The number of ether oxygens (including phenoxy) is 1. The van der Waals surface area contributed by atoms with Gasteiger partial charge in [-0.2, -0.15) is 13.2 Å². The number of hydrogen-bond acceptors (Lipinski definition) is 4. The Balaban J connectivity index is 2.11. The van der Waals surface area contributed by atoms with Crippen molar-refractivity contribution in [2.24, 2.45) is 0 Å². The van der Waals surface area contributed by atoms with E-state index >= 15 is 0 Å². The maximum Gasteiger partial charge on any atom is 0.417 e. The monoisotopic (exact) mass is 359 g/mol. The Bertz CT molecular complexity index is 732. The van der Waals surface area contributed by atoms with E-state index in [0.29, 0.717) is 18.6 Å². The van der Waals surface area contributed by atoms with Gasteiger partial charge in [-0.1, -0.05) is 12.1 Å². The summed E-state index contributed by atoms with van der Waals surface area (Å²) in [5.41, 5.74) is -0.0917. The lowest BCUT2D eigenvalue weighted by atomic mass is 10.2. The normalized spacial score (nSPS) is 14.2. The number of benzene rings is 1. The molecule has 0 amide bonds. The van der Waals surface area contributed by atoms with Gasteiger partial charge in [0.15, 0.2) is 0 Å². The molecule has 1 unspecified atom stereocenters. The maximum absolute atomic E-state index is 12.5. The fraction of sp³-hybridized carbons (Fsp3) is 0.312. The van der Waals surface area contributed by atoms with Gasteiger partial charge in [0.1, 0.15) is 5.75 Å². The number of hydrogen-bond donors (Lipinski definition) is 0. The first-order valence-corrected chi connectivity index (χ1v) is 9.46. The standard InChI is InChI=1S/C16H17F3NO3P/c1-3-22-24(2,21)11-12-5-4-6-14(9-12)23-15-8-7-13(10-20-15)16(17,18)19/h4-10H,3,11H2,1-2H3. The third-order valence-electron chi connectivity index (χ3n) is 3.06. The van der Waals surface area contributed by atoms with Gasteiger partial charge in [-0.25, -0.2) is 4.98 Å².